The number of rotatable bonds is 4. The Labute approximate surface area is 141 Å². The number of nitrogens with one attached hydrogen (secondary N) is 1. The Morgan fingerprint density at radius 3 is 2.70 bits per heavy atom. The van der Waals surface area contributed by atoms with E-state index in [-0.39, 0.29) is 0 Å². The van der Waals surface area contributed by atoms with Crippen LogP contribution in [0.1, 0.15) is 68.4 Å². The van der Waals surface area contributed by atoms with E-state index in [1.165, 1.54) is 60.8 Å². The molecule has 0 saturated heterocycles. The van der Waals surface area contributed by atoms with Gasteiger partial charge in [0.2, 0.25) is 0 Å². The van der Waals surface area contributed by atoms with Crippen molar-refractivity contribution in [2.75, 3.05) is 6.54 Å². The van der Waals surface area contributed by atoms with Gasteiger partial charge in [0.05, 0.1) is 2.88 Å². The summed E-state index contributed by atoms with van der Waals surface area (Å²) in [6.07, 6.45) is 11.2. The molecule has 0 spiro atoms. The fraction of sp³-hybridized carbons (Fsp3) is 0.765. The van der Waals surface area contributed by atoms with E-state index in [0.717, 1.165) is 11.8 Å². The van der Waals surface area contributed by atoms with E-state index in [9.17, 15) is 0 Å². The first-order valence-electron chi connectivity index (χ1n) is 8.27. The number of hydrogen-bond acceptors (Lipinski definition) is 2. The molecule has 0 radical (unpaired) electrons. The molecule has 0 amide bonds. The highest BCUT2D eigenvalue weighted by Gasteiger charge is 2.24. The van der Waals surface area contributed by atoms with Crippen molar-refractivity contribution >= 4 is 33.9 Å². The molecule has 1 N–H and O–H groups in total. The highest BCUT2D eigenvalue weighted by Crippen LogP contribution is 2.37. The van der Waals surface area contributed by atoms with Gasteiger partial charge in [0.1, 0.15) is 0 Å². The van der Waals surface area contributed by atoms with Crippen molar-refractivity contribution in [1.82, 2.24) is 5.32 Å². The van der Waals surface area contributed by atoms with Gasteiger partial charge >= 0.3 is 0 Å². The second kappa shape index (κ2) is 7.10. The molecule has 1 atom stereocenters. The molecule has 1 aromatic heterocycles. The molecular formula is C17H26INS. The summed E-state index contributed by atoms with van der Waals surface area (Å²) in [6, 6.07) is 3.06. The maximum Gasteiger partial charge on any atom is 0.0659 e. The van der Waals surface area contributed by atoms with E-state index in [1.807, 2.05) is 11.3 Å². The maximum absolute atomic E-state index is 3.90. The van der Waals surface area contributed by atoms with Crippen molar-refractivity contribution in [3.05, 3.63) is 19.4 Å². The molecule has 2 aliphatic carbocycles. The van der Waals surface area contributed by atoms with E-state index in [4.69, 9.17) is 0 Å². The lowest BCUT2D eigenvalue weighted by Gasteiger charge is -2.30. The first-order valence-corrected chi connectivity index (χ1v) is 10.2. The second-order valence-electron chi connectivity index (χ2n) is 6.58. The first-order chi connectivity index (χ1) is 9.76. The lowest BCUT2D eigenvalue weighted by atomic mass is 9.80. The molecule has 0 bridgehead atoms. The van der Waals surface area contributed by atoms with Crippen LogP contribution in [0.2, 0.25) is 0 Å². The average molecular weight is 403 g/mol. The van der Waals surface area contributed by atoms with Gasteiger partial charge in [-0.05, 0) is 84.7 Å². The van der Waals surface area contributed by atoms with E-state index in [2.05, 4.69) is 40.9 Å². The molecule has 1 nitrogen and oxygen atoms in total. The van der Waals surface area contributed by atoms with Crippen molar-refractivity contribution in [2.45, 2.75) is 64.3 Å². The number of fused-ring (bicyclic) bond motifs is 1. The van der Waals surface area contributed by atoms with Gasteiger partial charge < -0.3 is 5.32 Å². The maximum atomic E-state index is 3.90. The highest BCUT2D eigenvalue weighted by molar-refractivity contribution is 14.1. The standard InChI is InChI=1S/C17H26INS/c1-2-12-6-8-13(9-7-12)11-19-15-4-3-5-16-14(15)10-17(18)20-16/h10,12-13,15,19H,2-9,11H2,1H3. The smallest absolute Gasteiger partial charge is 0.0659 e. The van der Waals surface area contributed by atoms with Crippen LogP contribution in [0.3, 0.4) is 0 Å². The Bertz CT molecular complexity index is 434. The molecule has 3 rings (SSSR count). The van der Waals surface area contributed by atoms with Crippen molar-refractivity contribution in [3.63, 3.8) is 0 Å². The number of hydrogen-bond donors (Lipinski definition) is 1. The minimum absolute atomic E-state index is 0.641. The minimum Gasteiger partial charge on any atom is -0.310 e. The molecule has 112 valence electrons. The summed E-state index contributed by atoms with van der Waals surface area (Å²) in [7, 11) is 0. The van der Waals surface area contributed by atoms with Crippen LogP contribution in [0.15, 0.2) is 6.07 Å². The Hall–Kier alpha value is 0.390. The molecule has 2 aliphatic rings. The monoisotopic (exact) mass is 403 g/mol. The summed E-state index contributed by atoms with van der Waals surface area (Å²) in [5.41, 5.74) is 1.62. The van der Waals surface area contributed by atoms with Crippen LogP contribution >= 0.6 is 33.9 Å². The Kier molecular flexibility index (Phi) is 5.43. The molecule has 1 unspecified atom stereocenters. The third-order valence-electron chi connectivity index (χ3n) is 5.28. The van der Waals surface area contributed by atoms with Gasteiger partial charge in [-0.1, -0.05) is 26.2 Å². The van der Waals surface area contributed by atoms with Gasteiger partial charge in [0, 0.05) is 10.9 Å². The van der Waals surface area contributed by atoms with Crippen molar-refractivity contribution < 1.29 is 0 Å². The van der Waals surface area contributed by atoms with Crippen molar-refractivity contribution in [1.29, 1.82) is 0 Å². The molecule has 1 heterocycles. The van der Waals surface area contributed by atoms with E-state index >= 15 is 0 Å². The lowest BCUT2D eigenvalue weighted by Crippen LogP contribution is -2.31. The largest absolute Gasteiger partial charge is 0.310 e. The van der Waals surface area contributed by atoms with Gasteiger partial charge in [-0.15, -0.1) is 11.3 Å². The second-order valence-corrected chi connectivity index (χ2v) is 9.61. The van der Waals surface area contributed by atoms with Gasteiger partial charge in [0.25, 0.3) is 0 Å². The normalized spacial score (nSPS) is 30.2. The summed E-state index contributed by atoms with van der Waals surface area (Å²) >= 11 is 4.48. The van der Waals surface area contributed by atoms with Crippen LogP contribution in [0.4, 0.5) is 0 Å². The molecule has 1 fully saturated rings. The molecular weight excluding hydrogens is 377 g/mol. The van der Waals surface area contributed by atoms with Gasteiger partial charge in [-0.25, -0.2) is 0 Å². The molecule has 20 heavy (non-hydrogen) atoms. The third-order valence-corrected chi connectivity index (χ3v) is 7.25. The Morgan fingerprint density at radius 2 is 1.95 bits per heavy atom. The van der Waals surface area contributed by atoms with Crippen LogP contribution in [0.5, 0.6) is 0 Å². The number of aryl methyl sites for hydroxylation is 1. The zero-order valence-electron chi connectivity index (χ0n) is 12.5. The van der Waals surface area contributed by atoms with E-state index < -0.39 is 0 Å². The molecule has 0 aliphatic heterocycles. The zero-order chi connectivity index (χ0) is 13.9. The highest BCUT2D eigenvalue weighted by atomic mass is 127. The Morgan fingerprint density at radius 1 is 1.20 bits per heavy atom. The predicted molar refractivity (Wildman–Crippen MR) is 96.5 cm³/mol. The van der Waals surface area contributed by atoms with Crippen LogP contribution in [0, 0.1) is 14.7 Å². The SMILES string of the molecule is CCC1CCC(CNC2CCCc3sc(I)cc32)CC1. The lowest BCUT2D eigenvalue weighted by molar-refractivity contribution is 0.254. The third kappa shape index (κ3) is 3.58. The summed E-state index contributed by atoms with van der Waals surface area (Å²) < 4.78 is 1.46. The van der Waals surface area contributed by atoms with Crippen molar-refractivity contribution in [2.24, 2.45) is 11.8 Å². The minimum atomic E-state index is 0.641. The predicted octanol–water partition coefficient (Wildman–Crippen LogP) is 5.54. The van der Waals surface area contributed by atoms with Gasteiger partial charge in [0.15, 0.2) is 0 Å². The zero-order valence-corrected chi connectivity index (χ0v) is 15.4. The van der Waals surface area contributed by atoms with Gasteiger partial charge in [-0.3, -0.25) is 0 Å². The molecule has 0 aromatic carbocycles. The van der Waals surface area contributed by atoms with E-state index in [0.29, 0.717) is 6.04 Å². The molecule has 3 heteroatoms. The van der Waals surface area contributed by atoms with Crippen LogP contribution in [-0.4, -0.2) is 6.54 Å². The number of halogens is 1. The quantitative estimate of drug-likeness (QED) is 0.652. The summed E-state index contributed by atoms with van der Waals surface area (Å²) in [5.74, 6) is 1.95. The van der Waals surface area contributed by atoms with E-state index in [1.54, 1.807) is 10.4 Å². The summed E-state index contributed by atoms with van der Waals surface area (Å²) in [6.45, 7) is 3.60. The molecule has 1 aromatic rings. The van der Waals surface area contributed by atoms with Crippen LogP contribution in [-0.2, 0) is 6.42 Å². The van der Waals surface area contributed by atoms with Crippen molar-refractivity contribution in [3.8, 4) is 0 Å². The molecule has 1 saturated carbocycles. The van der Waals surface area contributed by atoms with Gasteiger partial charge in [-0.2, -0.15) is 0 Å². The summed E-state index contributed by atoms with van der Waals surface area (Å²) in [5, 5.41) is 3.90. The first kappa shape index (κ1) is 15.3. The summed E-state index contributed by atoms with van der Waals surface area (Å²) in [4.78, 5) is 1.65. The number of thiophene rings is 1. The topological polar surface area (TPSA) is 12.0 Å². The average Bonchev–Trinajstić information content (AvgIpc) is 2.86. The van der Waals surface area contributed by atoms with Crippen LogP contribution in [0.25, 0.3) is 0 Å². The Balaban J connectivity index is 1.52. The van der Waals surface area contributed by atoms with Crippen LogP contribution < -0.4 is 5.32 Å². The fourth-order valence-electron chi connectivity index (χ4n) is 3.89. The fourth-order valence-corrected chi connectivity index (χ4v) is 6.01.